The van der Waals surface area contributed by atoms with Gasteiger partial charge in [0, 0.05) is 19.3 Å². The molecule has 3 heteroatoms. The van der Waals surface area contributed by atoms with E-state index >= 15 is 0 Å². The molecule has 0 spiro atoms. The minimum atomic E-state index is -0.330. The van der Waals surface area contributed by atoms with E-state index in [2.05, 4.69) is 18.3 Å². The van der Waals surface area contributed by atoms with Gasteiger partial charge in [0.05, 0.1) is 6.07 Å². The Bertz CT molecular complexity index is 258. The monoisotopic (exact) mass is 252 g/mol. The minimum absolute atomic E-state index is 0.330. The maximum absolute atomic E-state index is 9.22. The van der Waals surface area contributed by atoms with Crippen LogP contribution in [0.25, 0.3) is 0 Å². The van der Waals surface area contributed by atoms with Crippen LogP contribution in [0.1, 0.15) is 65.2 Å². The number of hydrogen-bond acceptors (Lipinski definition) is 3. The third-order valence-electron chi connectivity index (χ3n) is 3.45. The second-order valence-corrected chi connectivity index (χ2v) is 5.64. The van der Waals surface area contributed by atoms with Crippen molar-refractivity contribution in [1.29, 1.82) is 5.26 Å². The summed E-state index contributed by atoms with van der Waals surface area (Å²) in [7, 11) is 0. The zero-order valence-electron chi connectivity index (χ0n) is 12.0. The van der Waals surface area contributed by atoms with Crippen molar-refractivity contribution in [3.8, 4) is 6.07 Å². The van der Waals surface area contributed by atoms with Crippen LogP contribution in [0.2, 0.25) is 0 Å². The summed E-state index contributed by atoms with van der Waals surface area (Å²) in [6.07, 6.45) is 9.21. The first kappa shape index (κ1) is 15.5. The number of nitrogens with zero attached hydrogens (tertiary/aromatic N) is 1. The highest BCUT2D eigenvalue weighted by Crippen LogP contribution is 2.24. The van der Waals surface area contributed by atoms with Gasteiger partial charge < -0.3 is 4.74 Å². The van der Waals surface area contributed by atoms with Gasteiger partial charge in [0.25, 0.3) is 0 Å². The van der Waals surface area contributed by atoms with E-state index in [4.69, 9.17) is 4.74 Å². The highest BCUT2D eigenvalue weighted by Gasteiger charge is 2.31. The van der Waals surface area contributed by atoms with Gasteiger partial charge in [-0.15, -0.1) is 0 Å². The first-order chi connectivity index (χ1) is 8.70. The van der Waals surface area contributed by atoms with Crippen molar-refractivity contribution in [3.63, 3.8) is 0 Å². The average molecular weight is 252 g/mol. The highest BCUT2D eigenvalue weighted by atomic mass is 16.5. The van der Waals surface area contributed by atoms with Crippen LogP contribution in [-0.2, 0) is 4.74 Å². The Kier molecular flexibility index (Phi) is 7.31. The number of rotatable bonds is 11. The topological polar surface area (TPSA) is 45.0 Å². The Morgan fingerprint density at radius 2 is 1.89 bits per heavy atom. The third-order valence-corrected chi connectivity index (χ3v) is 3.45. The summed E-state index contributed by atoms with van der Waals surface area (Å²) >= 11 is 0. The predicted octanol–water partition coefficient (Wildman–Crippen LogP) is 3.40. The smallest absolute Gasteiger partial charge is 0.104 e. The quantitative estimate of drug-likeness (QED) is 0.573. The Morgan fingerprint density at radius 1 is 1.22 bits per heavy atom. The average Bonchev–Trinajstić information content (AvgIpc) is 3.16. The third kappa shape index (κ3) is 6.98. The molecule has 1 unspecified atom stereocenters. The molecule has 0 aromatic carbocycles. The standard InChI is InChI=1S/C15H28N2O/c1-3-4-6-11-18-12-7-5-10-15(2,13-16)17-14-8-9-14/h14,17H,3-12H2,1-2H3. The van der Waals surface area contributed by atoms with Crippen LogP contribution in [0.3, 0.4) is 0 Å². The van der Waals surface area contributed by atoms with Crippen molar-refractivity contribution in [3.05, 3.63) is 0 Å². The fraction of sp³-hybridized carbons (Fsp3) is 0.933. The summed E-state index contributed by atoms with van der Waals surface area (Å²) in [6.45, 7) is 5.96. The Labute approximate surface area is 112 Å². The van der Waals surface area contributed by atoms with Crippen LogP contribution in [-0.4, -0.2) is 24.8 Å². The molecule has 1 aliphatic carbocycles. The van der Waals surface area contributed by atoms with Gasteiger partial charge in [-0.3, -0.25) is 5.32 Å². The van der Waals surface area contributed by atoms with Crippen molar-refractivity contribution in [2.24, 2.45) is 0 Å². The predicted molar refractivity (Wildman–Crippen MR) is 74.4 cm³/mol. The molecular formula is C15H28N2O. The molecule has 0 saturated heterocycles. The Morgan fingerprint density at radius 3 is 2.44 bits per heavy atom. The fourth-order valence-corrected chi connectivity index (χ4v) is 2.08. The van der Waals surface area contributed by atoms with E-state index in [1.807, 2.05) is 6.92 Å². The molecule has 3 nitrogen and oxygen atoms in total. The molecule has 0 aromatic rings. The van der Waals surface area contributed by atoms with Crippen molar-refractivity contribution < 1.29 is 4.74 Å². The van der Waals surface area contributed by atoms with E-state index < -0.39 is 0 Å². The zero-order chi connectivity index (χ0) is 13.3. The van der Waals surface area contributed by atoms with Crippen LogP contribution in [0.5, 0.6) is 0 Å². The van der Waals surface area contributed by atoms with E-state index in [-0.39, 0.29) is 5.54 Å². The summed E-state index contributed by atoms with van der Waals surface area (Å²) in [5, 5.41) is 12.7. The van der Waals surface area contributed by atoms with Crippen molar-refractivity contribution >= 4 is 0 Å². The maximum atomic E-state index is 9.22. The molecule has 0 aliphatic heterocycles. The van der Waals surface area contributed by atoms with Gasteiger partial charge in [0.15, 0.2) is 0 Å². The van der Waals surface area contributed by atoms with Gasteiger partial charge in [-0.1, -0.05) is 19.8 Å². The first-order valence-corrected chi connectivity index (χ1v) is 7.47. The molecule has 0 aromatic heterocycles. The van der Waals surface area contributed by atoms with Crippen LogP contribution in [0.4, 0.5) is 0 Å². The molecule has 0 radical (unpaired) electrons. The zero-order valence-corrected chi connectivity index (χ0v) is 12.0. The van der Waals surface area contributed by atoms with Gasteiger partial charge in [0.2, 0.25) is 0 Å². The summed E-state index contributed by atoms with van der Waals surface area (Å²) in [4.78, 5) is 0. The van der Waals surface area contributed by atoms with E-state index in [0.29, 0.717) is 6.04 Å². The van der Waals surface area contributed by atoms with Crippen molar-refractivity contribution in [1.82, 2.24) is 5.32 Å². The number of unbranched alkanes of at least 4 members (excludes halogenated alkanes) is 3. The van der Waals surface area contributed by atoms with Crippen LogP contribution in [0.15, 0.2) is 0 Å². The molecule has 0 bridgehead atoms. The van der Waals surface area contributed by atoms with E-state index in [1.54, 1.807) is 0 Å². The molecule has 18 heavy (non-hydrogen) atoms. The Balaban J connectivity index is 1.96. The van der Waals surface area contributed by atoms with E-state index in [1.165, 1.54) is 32.1 Å². The lowest BCUT2D eigenvalue weighted by molar-refractivity contribution is 0.125. The van der Waals surface area contributed by atoms with Crippen LogP contribution >= 0.6 is 0 Å². The normalized spacial score (nSPS) is 18.3. The number of nitrogens with one attached hydrogen (secondary N) is 1. The second kappa shape index (κ2) is 8.50. The van der Waals surface area contributed by atoms with Gasteiger partial charge in [-0.2, -0.15) is 5.26 Å². The number of hydrogen-bond donors (Lipinski definition) is 1. The molecule has 0 heterocycles. The highest BCUT2D eigenvalue weighted by molar-refractivity contribution is 5.06. The number of nitriles is 1. The van der Waals surface area contributed by atoms with E-state index in [0.717, 1.165) is 32.5 Å². The lowest BCUT2D eigenvalue weighted by Gasteiger charge is -2.23. The SMILES string of the molecule is CCCCCOCCCCC(C)(C#N)NC1CC1. The molecule has 1 rings (SSSR count). The summed E-state index contributed by atoms with van der Waals surface area (Å²) in [6, 6.07) is 3.01. The molecule has 104 valence electrons. The summed E-state index contributed by atoms with van der Waals surface area (Å²) in [5.41, 5.74) is -0.330. The van der Waals surface area contributed by atoms with Crippen molar-refractivity contribution in [2.75, 3.05) is 13.2 Å². The van der Waals surface area contributed by atoms with Gasteiger partial charge in [-0.05, 0) is 45.4 Å². The molecular weight excluding hydrogens is 224 g/mol. The molecule has 1 fully saturated rings. The number of ether oxygens (including phenoxy) is 1. The van der Waals surface area contributed by atoms with Gasteiger partial charge >= 0.3 is 0 Å². The molecule has 1 saturated carbocycles. The molecule has 1 N–H and O–H groups in total. The van der Waals surface area contributed by atoms with Crippen LogP contribution < -0.4 is 5.32 Å². The first-order valence-electron chi connectivity index (χ1n) is 7.47. The van der Waals surface area contributed by atoms with E-state index in [9.17, 15) is 5.26 Å². The van der Waals surface area contributed by atoms with Gasteiger partial charge in [-0.25, -0.2) is 0 Å². The second-order valence-electron chi connectivity index (χ2n) is 5.64. The molecule has 1 aliphatic rings. The largest absolute Gasteiger partial charge is 0.381 e. The van der Waals surface area contributed by atoms with Crippen molar-refractivity contribution in [2.45, 2.75) is 76.8 Å². The summed E-state index contributed by atoms with van der Waals surface area (Å²) < 4.78 is 5.57. The maximum Gasteiger partial charge on any atom is 0.104 e. The van der Waals surface area contributed by atoms with Crippen LogP contribution in [0, 0.1) is 11.3 Å². The van der Waals surface area contributed by atoms with Gasteiger partial charge in [0.1, 0.15) is 5.54 Å². The molecule has 1 atom stereocenters. The lowest BCUT2D eigenvalue weighted by Crippen LogP contribution is -2.42. The molecule has 0 amide bonds. The fourth-order valence-electron chi connectivity index (χ4n) is 2.08. The summed E-state index contributed by atoms with van der Waals surface area (Å²) in [5.74, 6) is 0. The minimum Gasteiger partial charge on any atom is -0.381 e. The lowest BCUT2D eigenvalue weighted by atomic mass is 9.96. The Hall–Kier alpha value is -0.590.